The highest BCUT2D eigenvalue weighted by Crippen LogP contribution is 2.31. The zero-order chi connectivity index (χ0) is 14.8. The summed E-state index contributed by atoms with van der Waals surface area (Å²) in [4.78, 5) is 18.3. The van der Waals surface area contributed by atoms with Gasteiger partial charge in [0.05, 0.1) is 5.52 Å². The molecule has 0 fully saturated rings. The van der Waals surface area contributed by atoms with Gasteiger partial charge in [0.2, 0.25) is 0 Å². The van der Waals surface area contributed by atoms with Crippen molar-refractivity contribution in [2.75, 3.05) is 0 Å². The van der Waals surface area contributed by atoms with Gasteiger partial charge in [0, 0.05) is 35.5 Å². The van der Waals surface area contributed by atoms with Crippen LogP contribution in [0.2, 0.25) is 0 Å². The van der Waals surface area contributed by atoms with Crippen LogP contribution >= 0.6 is 0 Å². The molecule has 0 saturated heterocycles. The summed E-state index contributed by atoms with van der Waals surface area (Å²) in [5, 5.41) is 9.99. The second-order valence-corrected chi connectivity index (χ2v) is 5.09. The van der Waals surface area contributed by atoms with Crippen LogP contribution in [0.25, 0.3) is 22.0 Å². The molecule has 0 spiro atoms. The summed E-state index contributed by atoms with van der Waals surface area (Å²) in [7, 11) is 0. The Bertz CT molecular complexity index is 791. The van der Waals surface area contributed by atoms with Crippen molar-refractivity contribution in [2.24, 2.45) is 0 Å². The average Bonchev–Trinajstić information content (AvgIpc) is 2.81. The Morgan fingerprint density at radius 1 is 1.24 bits per heavy atom. The smallest absolute Gasteiger partial charge is 0.303 e. The molecule has 0 radical (unpaired) electrons. The first kappa shape index (κ1) is 13.4. The van der Waals surface area contributed by atoms with E-state index in [-0.39, 0.29) is 6.42 Å². The van der Waals surface area contributed by atoms with E-state index in [2.05, 4.69) is 16.0 Å². The van der Waals surface area contributed by atoms with Crippen molar-refractivity contribution < 1.29 is 9.90 Å². The molecule has 3 aromatic rings. The second-order valence-electron chi connectivity index (χ2n) is 5.09. The highest BCUT2D eigenvalue weighted by molar-refractivity contribution is 5.97. The highest BCUT2D eigenvalue weighted by atomic mass is 16.4. The molecule has 0 aliphatic carbocycles. The molecule has 2 aromatic heterocycles. The Kier molecular flexibility index (Phi) is 3.44. The monoisotopic (exact) mass is 280 g/mol. The molecular weight excluding hydrogens is 264 g/mol. The van der Waals surface area contributed by atoms with Gasteiger partial charge >= 0.3 is 5.97 Å². The van der Waals surface area contributed by atoms with Crippen molar-refractivity contribution in [3.05, 3.63) is 54.0 Å². The molecule has 0 amide bonds. The van der Waals surface area contributed by atoms with Crippen LogP contribution in [-0.4, -0.2) is 21.0 Å². The molecule has 4 heteroatoms. The van der Waals surface area contributed by atoms with Crippen LogP contribution in [0.3, 0.4) is 0 Å². The number of H-pyrrole nitrogens is 1. The van der Waals surface area contributed by atoms with E-state index in [9.17, 15) is 4.79 Å². The third-order valence-electron chi connectivity index (χ3n) is 3.73. The van der Waals surface area contributed by atoms with Gasteiger partial charge in [0.25, 0.3) is 0 Å². The molecule has 1 aromatic carbocycles. The van der Waals surface area contributed by atoms with Crippen molar-refractivity contribution in [3.63, 3.8) is 0 Å². The van der Waals surface area contributed by atoms with Gasteiger partial charge in [-0.3, -0.25) is 9.78 Å². The topological polar surface area (TPSA) is 66.0 Å². The summed E-state index contributed by atoms with van der Waals surface area (Å²) in [5.74, 6) is -0.769. The largest absolute Gasteiger partial charge is 0.481 e. The zero-order valence-electron chi connectivity index (χ0n) is 11.8. The number of aromatic nitrogens is 2. The summed E-state index contributed by atoms with van der Waals surface area (Å²) < 4.78 is 0. The highest BCUT2D eigenvalue weighted by Gasteiger charge is 2.13. The predicted molar refractivity (Wildman–Crippen MR) is 82.2 cm³/mol. The second kappa shape index (κ2) is 5.40. The number of aliphatic carboxylic acids is 1. The number of pyridine rings is 1. The van der Waals surface area contributed by atoms with E-state index in [4.69, 9.17) is 5.11 Å². The summed E-state index contributed by atoms with van der Waals surface area (Å²) >= 11 is 0. The van der Waals surface area contributed by atoms with Gasteiger partial charge in [-0.25, -0.2) is 0 Å². The van der Waals surface area contributed by atoms with Crippen LogP contribution in [0.4, 0.5) is 0 Å². The summed E-state index contributed by atoms with van der Waals surface area (Å²) in [6, 6.07) is 10.1. The average molecular weight is 280 g/mol. The lowest BCUT2D eigenvalue weighted by atomic mass is 10.0. The molecule has 0 unspecified atom stereocenters. The van der Waals surface area contributed by atoms with Crippen LogP contribution in [0.5, 0.6) is 0 Å². The molecule has 0 aliphatic heterocycles. The Labute approximate surface area is 122 Å². The minimum absolute atomic E-state index is 0.146. The van der Waals surface area contributed by atoms with Gasteiger partial charge < -0.3 is 10.1 Å². The molecule has 2 heterocycles. The summed E-state index contributed by atoms with van der Waals surface area (Å²) in [6.45, 7) is 1.99. The molecule has 0 atom stereocenters. The number of nitrogens with zero attached hydrogens (tertiary/aromatic N) is 1. The number of carboxylic acid groups (broad SMARTS) is 1. The van der Waals surface area contributed by atoms with Crippen molar-refractivity contribution in [1.29, 1.82) is 0 Å². The lowest BCUT2D eigenvalue weighted by molar-refractivity contribution is -0.136. The number of fused-ring (bicyclic) bond motifs is 1. The number of hydrogen-bond donors (Lipinski definition) is 2. The lowest BCUT2D eigenvalue weighted by Gasteiger charge is -2.04. The van der Waals surface area contributed by atoms with E-state index in [1.54, 1.807) is 12.4 Å². The Morgan fingerprint density at radius 3 is 2.71 bits per heavy atom. The quantitative estimate of drug-likeness (QED) is 0.768. The molecule has 3 rings (SSSR count). The zero-order valence-corrected chi connectivity index (χ0v) is 11.8. The van der Waals surface area contributed by atoms with Crippen LogP contribution in [0.15, 0.2) is 42.7 Å². The van der Waals surface area contributed by atoms with Crippen LogP contribution in [-0.2, 0) is 11.2 Å². The molecule has 0 saturated carbocycles. The first-order valence-corrected chi connectivity index (χ1v) is 6.89. The fourth-order valence-electron chi connectivity index (χ4n) is 2.73. The molecule has 0 bridgehead atoms. The predicted octanol–water partition coefficient (Wildman–Crippen LogP) is 3.56. The number of benzene rings is 1. The van der Waals surface area contributed by atoms with Gasteiger partial charge in [0.1, 0.15) is 0 Å². The third kappa shape index (κ3) is 2.52. The molecule has 106 valence electrons. The number of carboxylic acids is 1. The standard InChI is InChI=1S/C17H16N2O2/c1-11-13(5-6-16(20)21)15-4-2-3-14(17(15)19-11)12-7-9-18-10-8-12/h2-4,7-10,19H,5-6H2,1H3,(H,20,21). The SMILES string of the molecule is Cc1[nH]c2c(-c3ccncc3)cccc2c1CCC(=O)O. The minimum atomic E-state index is -0.769. The normalized spacial score (nSPS) is 10.9. The van der Waals surface area contributed by atoms with Gasteiger partial charge in [-0.15, -0.1) is 0 Å². The van der Waals surface area contributed by atoms with E-state index in [0.29, 0.717) is 6.42 Å². The van der Waals surface area contributed by atoms with Crippen molar-refractivity contribution in [2.45, 2.75) is 19.8 Å². The van der Waals surface area contributed by atoms with E-state index in [1.165, 1.54) is 0 Å². The van der Waals surface area contributed by atoms with Crippen molar-refractivity contribution >= 4 is 16.9 Å². The van der Waals surface area contributed by atoms with Crippen LogP contribution in [0.1, 0.15) is 17.7 Å². The fourth-order valence-corrected chi connectivity index (χ4v) is 2.73. The van der Waals surface area contributed by atoms with Crippen molar-refractivity contribution in [3.8, 4) is 11.1 Å². The first-order valence-electron chi connectivity index (χ1n) is 6.89. The van der Waals surface area contributed by atoms with Crippen LogP contribution < -0.4 is 0 Å². The molecule has 21 heavy (non-hydrogen) atoms. The van der Waals surface area contributed by atoms with Crippen LogP contribution in [0, 0.1) is 6.92 Å². The number of rotatable bonds is 4. The van der Waals surface area contributed by atoms with E-state index in [1.807, 2.05) is 31.2 Å². The maximum atomic E-state index is 10.8. The molecular formula is C17H16N2O2. The first-order chi connectivity index (χ1) is 10.2. The Balaban J connectivity index is 2.13. The lowest BCUT2D eigenvalue weighted by Crippen LogP contribution is -1.97. The number of hydrogen-bond acceptors (Lipinski definition) is 2. The third-order valence-corrected chi connectivity index (χ3v) is 3.73. The maximum absolute atomic E-state index is 10.8. The summed E-state index contributed by atoms with van der Waals surface area (Å²) in [6.07, 6.45) is 4.23. The van der Waals surface area contributed by atoms with Crippen molar-refractivity contribution in [1.82, 2.24) is 9.97 Å². The maximum Gasteiger partial charge on any atom is 0.303 e. The fraction of sp³-hybridized carbons (Fsp3) is 0.176. The van der Waals surface area contributed by atoms with E-state index < -0.39 is 5.97 Å². The Morgan fingerprint density at radius 2 is 2.00 bits per heavy atom. The van der Waals surface area contributed by atoms with Gasteiger partial charge in [0.15, 0.2) is 0 Å². The number of aromatic amines is 1. The minimum Gasteiger partial charge on any atom is -0.481 e. The number of aryl methyl sites for hydroxylation is 2. The number of nitrogens with one attached hydrogen (secondary N) is 1. The van der Waals surface area contributed by atoms with E-state index >= 15 is 0 Å². The molecule has 2 N–H and O–H groups in total. The van der Waals surface area contributed by atoms with Gasteiger partial charge in [-0.05, 0) is 36.6 Å². The van der Waals surface area contributed by atoms with Gasteiger partial charge in [-0.1, -0.05) is 18.2 Å². The van der Waals surface area contributed by atoms with E-state index in [0.717, 1.165) is 33.3 Å². The number of carbonyl (C=O) groups is 1. The Hall–Kier alpha value is -2.62. The number of para-hydroxylation sites is 1. The van der Waals surface area contributed by atoms with Gasteiger partial charge in [-0.2, -0.15) is 0 Å². The summed E-state index contributed by atoms with van der Waals surface area (Å²) in [5.41, 5.74) is 5.39. The molecule has 4 nitrogen and oxygen atoms in total. The molecule has 0 aliphatic rings.